The third kappa shape index (κ3) is 3.14. The third-order valence-electron chi connectivity index (χ3n) is 4.15. The summed E-state index contributed by atoms with van der Waals surface area (Å²) in [6.45, 7) is 2.33. The molecule has 2 aromatic rings. The lowest BCUT2D eigenvalue weighted by Gasteiger charge is -2.40. The molecule has 1 aromatic carbocycles. The summed E-state index contributed by atoms with van der Waals surface area (Å²) in [6, 6.07) is 10.0. The van der Waals surface area contributed by atoms with Crippen LogP contribution in [0.1, 0.15) is 36.5 Å². The Morgan fingerprint density at radius 2 is 2.10 bits per heavy atom. The minimum Gasteiger partial charge on any atom is -0.391 e. The molecular formula is C16H21N3O2. The van der Waals surface area contributed by atoms with Crippen molar-refractivity contribution in [1.82, 2.24) is 15.5 Å². The van der Waals surface area contributed by atoms with Crippen molar-refractivity contribution in [2.75, 3.05) is 6.54 Å². The van der Waals surface area contributed by atoms with Gasteiger partial charge in [0.2, 0.25) is 5.89 Å². The van der Waals surface area contributed by atoms with Crippen molar-refractivity contribution in [3.05, 3.63) is 47.6 Å². The van der Waals surface area contributed by atoms with Gasteiger partial charge in [-0.3, -0.25) is 0 Å². The van der Waals surface area contributed by atoms with Gasteiger partial charge in [0, 0.05) is 13.5 Å². The molecule has 1 heterocycles. The first-order valence-corrected chi connectivity index (χ1v) is 7.46. The van der Waals surface area contributed by atoms with Gasteiger partial charge in [-0.25, -0.2) is 0 Å². The molecule has 0 aliphatic heterocycles. The highest BCUT2D eigenvalue weighted by atomic mass is 16.5. The Morgan fingerprint density at radius 1 is 1.33 bits per heavy atom. The molecule has 1 atom stereocenters. The zero-order chi connectivity index (χ0) is 14.7. The third-order valence-corrected chi connectivity index (χ3v) is 4.15. The summed E-state index contributed by atoms with van der Waals surface area (Å²) >= 11 is 0. The van der Waals surface area contributed by atoms with E-state index in [4.69, 9.17) is 4.52 Å². The predicted molar refractivity (Wildman–Crippen MR) is 78.7 cm³/mol. The Hall–Kier alpha value is -1.72. The van der Waals surface area contributed by atoms with E-state index < -0.39 is 6.10 Å². The molecule has 21 heavy (non-hydrogen) atoms. The summed E-state index contributed by atoms with van der Waals surface area (Å²) in [7, 11) is 0. The second-order valence-corrected chi connectivity index (χ2v) is 5.80. The van der Waals surface area contributed by atoms with Gasteiger partial charge in [0.1, 0.15) is 0 Å². The molecule has 5 nitrogen and oxygen atoms in total. The molecule has 112 valence electrons. The minimum absolute atomic E-state index is 0.213. The molecule has 0 spiro atoms. The van der Waals surface area contributed by atoms with Gasteiger partial charge in [-0.2, -0.15) is 4.98 Å². The van der Waals surface area contributed by atoms with Gasteiger partial charge >= 0.3 is 0 Å². The Kier molecular flexibility index (Phi) is 4.03. The Balaban J connectivity index is 1.58. The van der Waals surface area contributed by atoms with Gasteiger partial charge < -0.3 is 14.9 Å². The molecule has 1 aliphatic carbocycles. The lowest BCUT2D eigenvalue weighted by molar-refractivity contribution is 0.114. The zero-order valence-electron chi connectivity index (χ0n) is 12.2. The van der Waals surface area contributed by atoms with Crippen molar-refractivity contribution in [3.63, 3.8) is 0 Å². The SMILES string of the molecule is Cc1nc(C2(NC[C@@H](O)Cc3ccccc3)CCC2)no1. The van der Waals surface area contributed by atoms with E-state index in [9.17, 15) is 5.11 Å². The minimum atomic E-state index is -0.419. The van der Waals surface area contributed by atoms with E-state index in [1.54, 1.807) is 6.92 Å². The van der Waals surface area contributed by atoms with Gasteiger partial charge in [0.15, 0.2) is 5.82 Å². The Labute approximate surface area is 124 Å². The molecule has 1 saturated carbocycles. The lowest BCUT2D eigenvalue weighted by Crippen LogP contribution is -2.51. The smallest absolute Gasteiger partial charge is 0.223 e. The first kappa shape index (κ1) is 14.2. The summed E-state index contributed by atoms with van der Waals surface area (Å²) in [5.74, 6) is 1.31. The van der Waals surface area contributed by atoms with Crippen LogP contribution in [0.15, 0.2) is 34.9 Å². The molecule has 0 saturated heterocycles. The Bertz CT molecular complexity index is 578. The fourth-order valence-electron chi connectivity index (χ4n) is 2.77. The summed E-state index contributed by atoms with van der Waals surface area (Å²) in [6.07, 6.45) is 3.36. The zero-order valence-corrected chi connectivity index (χ0v) is 12.2. The number of hydrogen-bond donors (Lipinski definition) is 2. The predicted octanol–water partition coefficient (Wildman–Crippen LogP) is 1.95. The van der Waals surface area contributed by atoms with Gasteiger partial charge in [0.05, 0.1) is 11.6 Å². The van der Waals surface area contributed by atoms with Crippen molar-refractivity contribution in [2.45, 2.75) is 44.2 Å². The average molecular weight is 287 g/mol. The summed E-state index contributed by atoms with van der Waals surface area (Å²) in [5.41, 5.74) is 0.931. The van der Waals surface area contributed by atoms with Crippen LogP contribution in [-0.2, 0) is 12.0 Å². The highest BCUT2D eigenvalue weighted by molar-refractivity contribution is 5.16. The van der Waals surface area contributed by atoms with E-state index in [1.165, 1.54) is 0 Å². The molecule has 1 fully saturated rings. The highest BCUT2D eigenvalue weighted by Crippen LogP contribution is 2.39. The number of aliphatic hydroxyl groups excluding tert-OH is 1. The van der Waals surface area contributed by atoms with Crippen molar-refractivity contribution in [1.29, 1.82) is 0 Å². The molecule has 3 rings (SSSR count). The van der Waals surface area contributed by atoms with Crippen molar-refractivity contribution < 1.29 is 9.63 Å². The summed E-state index contributed by atoms with van der Waals surface area (Å²) < 4.78 is 5.09. The lowest BCUT2D eigenvalue weighted by atomic mass is 9.76. The van der Waals surface area contributed by atoms with Crippen LogP contribution in [0.3, 0.4) is 0 Å². The van der Waals surface area contributed by atoms with Crippen LogP contribution in [0, 0.1) is 6.92 Å². The van der Waals surface area contributed by atoms with Crippen LogP contribution in [0.2, 0.25) is 0 Å². The number of nitrogens with zero attached hydrogens (tertiary/aromatic N) is 2. The van der Waals surface area contributed by atoms with Crippen LogP contribution < -0.4 is 5.32 Å². The standard InChI is InChI=1S/C16H21N3O2/c1-12-18-15(19-21-12)16(8-5-9-16)17-11-14(20)10-13-6-3-2-4-7-13/h2-4,6-7,14,17,20H,5,8-11H2,1H3/t14-/m0/s1. The first-order chi connectivity index (χ1) is 10.2. The monoisotopic (exact) mass is 287 g/mol. The normalized spacial score (nSPS) is 18.2. The van der Waals surface area contributed by atoms with Gasteiger partial charge in [-0.15, -0.1) is 0 Å². The fraction of sp³-hybridized carbons (Fsp3) is 0.500. The molecule has 0 bridgehead atoms. The molecular weight excluding hydrogens is 266 g/mol. The molecule has 1 aromatic heterocycles. The maximum Gasteiger partial charge on any atom is 0.223 e. The maximum absolute atomic E-state index is 10.2. The van der Waals surface area contributed by atoms with Crippen LogP contribution in [-0.4, -0.2) is 27.9 Å². The Morgan fingerprint density at radius 3 is 2.67 bits per heavy atom. The quantitative estimate of drug-likeness (QED) is 0.849. The summed E-state index contributed by atoms with van der Waals surface area (Å²) in [4.78, 5) is 4.34. The number of benzene rings is 1. The molecule has 0 amide bonds. The first-order valence-electron chi connectivity index (χ1n) is 7.46. The van der Waals surface area contributed by atoms with Gasteiger partial charge in [0.25, 0.3) is 0 Å². The highest BCUT2D eigenvalue weighted by Gasteiger charge is 2.42. The number of aromatic nitrogens is 2. The summed E-state index contributed by atoms with van der Waals surface area (Å²) in [5, 5.41) is 17.7. The average Bonchev–Trinajstić information content (AvgIpc) is 2.86. The van der Waals surface area contributed by atoms with Crippen LogP contribution in [0.4, 0.5) is 0 Å². The van der Waals surface area contributed by atoms with Gasteiger partial charge in [-0.1, -0.05) is 35.5 Å². The van der Waals surface area contributed by atoms with Crippen molar-refractivity contribution in [3.8, 4) is 0 Å². The van der Waals surface area contributed by atoms with Crippen LogP contribution in [0.5, 0.6) is 0 Å². The van der Waals surface area contributed by atoms with E-state index in [0.717, 1.165) is 30.7 Å². The maximum atomic E-state index is 10.2. The van der Waals surface area contributed by atoms with E-state index in [1.807, 2.05) is 30.3 Å². The molecule has 2 N–H and O–H groups in total. The number of aryl methyl sites for hydroxylation is 1. The fourth-order valence-corrected chi connectivity index (χ4v) is 2.77. The van der Waals surface area contributed by atoms with Gasteiger partial charge in [-0.05, 0) is 31.2 Å². The number of rotatable bonds is 6. The largest absolute Gasteiger partial charge is 0.391 e. The van der Waals surface area contributed by atoms with E-state index in [2.05, 4.69) is 15.5 Å². The van der Waals surface area contributed by atoms with E-state index in [-0.39, 0.29) is 5.54 Å². The molecule has 0 radical (unpaired) electrons. The number of nitrogens with one attached hydrogen (secondary N) is 1. The van der Waals surface area contributed by atoms with E-state index in [0.29, 0.717) is 18.9 Å². The molecule has 0 unspecified atom stereocenters. The van der Waals surface area contributed by atoms with Crippen molar-refractivity contribution in [2.24, 2.45) is 0 Å². The van der Waals surface area contributed by atoms with Crippen molar-refractivity contribution >= 4 is 0 Å². The number of aliphatic hydroxyl groups is 1. The molecule has 1 aliphatic rings. The van der Waals surface area contributed by atoms with Crippen LogP contribution >= 0.6 is 0 Å². The second-order valence-electron chi connectivity index (χ2n) is 5.80. The number of hydrogen-bond acceptors (Lipinski definition) is 5. The molecule has 5 heteroatoms. The second kappa shape index (κ2) is 5.95. The van der Waals surface area contributed by atoms with E-state index >= 15 is 0 Å². The van der Waals surface area contributed by atoms with Crippen LogP contribution in [0.25, 0.3) is 0 Å². The topological polar surface area (TPSA) is 71.2 Å².